The Hall–Kier alpha value is -3.42. The number of aryl methyl sites for hydroxylation is 2. The van der Waals surface area contributed by atoms with Gasteiger partial charge in [0, 0.05) is 29.7 Å². The van der Waals surface area contributed by atoms with Gasteiger partial charge in [-0.25, -0.2) is 0 Å². The molecule has 0 atom stereocenters. The lowest BCUT2D eigenvalue weighted by atomic mass is 10.0. The van der Waals surface area contributed by atoms with Crippen LogP contribution in [0.3, 0.4) is 0 Å². The Kier molecular flexibility index (Phi) is 5.07. The van der Waals surface area contributed by atoms with Crippen LogP contribution in [0.25, 0.3) is 10.9 Å². The predicted molar refractivity (Wildman–Crippen MR) is 124 cm³/mol. The van der Waals surface area contributed by atoms with Gasteiger partial charge in [-0.2, -0.15) is 8.42 Å². The van der Waals surface area contributed by atoms with Crippen molar-refractivity contribution >= 4 is 32.6 Å². The summed E-state index contributed by atoms with van der Waals surface area (Å²) in [5, 5.41) is 0.698. The first-order chi connectivity index (χ1) is 15.4. The van der Waals surface area contributed by atoms with Crippen LogP contribution in [-0.2, 0) is 29.5 Å². The van der Waals surface area contributed by atoms with E-state index in [-0.39, 0.29) is 10.8 Å². The molecule has 1 aliphatic heterocycles. The van der Waals surface area contributed by atoms with Crippen molar-refractivity contribution < 1.29 is 17.8 Å². The largest absolute Gasteiger partial charge is 0.336 e. The first-order valence-electron chi connectivity index (χ1n) is 10.5. The van der Waals surface area contributed by atoms with Gasteiger partial charge >= 0.3 is 0 Å². The van der Waals surface area contributed by atoms with Crippen LogP contribution < -0.4 is 4.90 Å². The maximum absolute atomic E-state index is 13.6. The average molecular weight is 447 g/mol. The standard InChI is InChI=1S/C25H22N2O4S/c28-25-24-21(14-16-26(25)19-9-5-2-6-10-19)22-17-20(32(29,30)31)11-12-23(22)27(24)15-13-18-7-3-1-4-8-18/h1-12,17H,13-16H2,(H,29,30,31). The Labute approximate surface area is 186 Å². The van der Waals surface area contributed by atoms with Crippen LogP contribution in [0.5, 0.6) is 0 Å². The van der Waals surface area contributed by atoms with Crippen LogP contribution in [0.15, 0.2) is 83.8 Å². The molecule has 162 valence electrons. The molecule has 7 heteroatoms. The third kappa shape index (κ3) is 3.59. The van der Waals surface area contributed by atoms with Gasteiger partial charge < -0.3 is 9.47 Å². The van der Waals surface area contributed by atoms with Crippen molar-refractivity contribution in [1.82, 2.24) is 4.57 Å². The quantitative estimate of drug-likeness (QED) is 0.463. The van der Waals surface area contributed by atoms with Crippen LogP contribution in [0.1, 0.15) is 21.6 Å². The number of fused-ring (bicyclic) bond motifs is 3. The van der Waals surface area contributed by atoms with Crippen LogP contribution in [0.2, 0.25) is 0 Å². The Morgan fingerprint density at radius 1 is 0.906 bits per heavy atom. The molecule has 0 fully saturated rings. The minimum absolute atomic E-state index is 0.102. The molecule has 0 bridgehead atoms. The third-order valence-electron chi connectivity index (χ3n) is 6.01. The van der Waals surface area contributed by atoms with Crippen LogP contribution in [0, 0.1) is 0 Å². The number of aromatic nitrogens is 1. The first-order valence-corrected chi connectivity index (χ1v) is 11.9. The summed E-state index contributed by atoms with van der Waals surface area (Å²) < 4.78 is 35.0. The number of hydrogen-bond donors (Lipinski definition) is 1. The molecule has 3 aromatic carbocycles. The molecule has 1 aliphatic rings. The zero-order chi connectivity index (χ0) is 22.3. The lowest BCUT2D eigenvalue weighted by molar-refractivity contribution is 0.0971. The number of anilines is 1. The number of benzene rings is 3. The predicted octanol–water partition coefficient (Wildman–Crippen LogP) is 4.33. The summed E-state index contributed by atoms with van der Waals surface area (Å²) in [6, 6.07) is 24.1. The molecule has 32 heavy (non-hydrogen) atoms. The molecule has 0 spiro atoms. The lowest BCUT2D eigenvalue weighted by Crippen LogP contribution is -2.38. The summed E-state index contributed by atoms with van der Waals surface area (Å²) in [4.78, 5) is 15.2. The van der Waals surface area contributed by atoms with Gasteiger partial charge in [-0.15, -0.1) is 0 Å². The van der Waals surface area contributed by atoms with Crippen molar-refractivity contribution in [2.24, 2.45) is 0 Å². The highest BCUT2D eigenvalue weighted by Crippen LogP contribution is 2.34. The SMILES string of the molecule is O=C1c2c(c3cc(S(=O)(=O)O)ccc3n2CCc2ccccc2)CCN1c1ccccc1. The van der Waals surface area contributed by atoms with Crippen molar-refractivity contribution in [2.45, 2.75) is 24.3 Å². The zero-order valence-electron chi connectivity index (χ0n) is 17.3. The normalized spacial score (nSPS) is 14.0. The fraction of sp³-hybridized carbons (Fsp3) is 0.160. The molecule has 4 aromatic rings. The van der Waals surface area contributed by atoms with Gasteiger partial charge in [-0.05, 0) is 54.3 Å². The molecule has 1 aromatic heterocycles. The molecule has 0 unspecified atom stereocenters. The van der Waals surface area contributed by atoms with Gasteiger partial charge in [0.1, 0.15) is 5.69 Å². The summed E-state index contributed by atoms with van der Waals surface area (Å²) in [6.07, 6.45) is 1.33. The second-order valence-electron chi connectivity index (χ2n) is 7.91. The minimum Gasteiger partial charge on any atom is -0.336 e. The molecule has 0 aliphatic carbocycles. The number of para-hydroxylation sites is 1. The molecule has 0 radical (unpaired) electrons. The van der Waals surface area contributed by atoms with Crippen LogP contribution >= 0.6 is 0 Å². The maximum Gasteiger partial charge on any atom is 0.294 e. The van der Waals surface area contributed by atoms with Crippen molar-refractivity contribution in [2.75, 3.05) is 11.4 Å². The number of carbonyl (C=O) groups excluding carboxylic acids is 1. The second-order valence-corrected chi connectivity index (χ2v) is 9.33. The summed E-state index contributed by atoms with van der Waals surface area (Å²) in [7, 11) is -4.34. The zero-order valence-corrected chi connectivity index (χ0v) is 18.1. The van der Waals surface area contributed by atoms with Gasteiger partial charge in [-0.1, -0.05) is 48.5 Å². The maximum atomic E-state index is 13.6. The lowest BCUT2D eigenvalue weighted by Gasteiger charge is -2.28. The summed E-state index contributed by atoms with van der Waals surface area (Å²) in [5.41, 5.74) is 4.19. The van der Waals surface area contributed by atoms with E-state index in [2.05, 4.69) is 0 Å². The second kappa shape index (κ2) is 7.93. The van der Waals surface area contributed by atoms with Crippen molar-refractivity contribution in [3.8, 4) is 0 Å². The van der Waals surface area contributed by atoms with Crippen molar-refractivity contribution in [3.63, 3.8) is 0 Å². The monoisotopic (exact) mass is 446 g/mol. The molecule has 1 N–H and O–H groups in total. The number of nitrogens with zero attached hydrogens (tertiary/aromatic N) is 2. The number of carbonyl (C=O) groups is 1. The molecular weight excluding hydrogens is 424 g/mol. The highest BCUT2D eigenvalue weighted by atomic mass is 32.2. The van der Waals surface area contributed by atoms with Crippen LogP contribution in [0.4, 0.5) is 5.69 Å². The van der Waals surface area contributed by atoms with Gasteiger partial charge in [0.05, 0.1) is 4.90 Å². The Bertz CT molecular complexity index is 1410. The fourth-order valence-electron chi connectivity index (χ4n) is 4.49. The molecule has 0 saturated heterocycles. The van der Waals surface area contributed by atoms with Gasteiger partial charge in [0.2, 0.25) is 0 Å². The number of rotatable bonds is 5. The summed E-state index contributed by atoms with van der Waals surface area (Å²) in [6.45, 7) is 1.08. The number of amides is 1. The highest BCUT2D eigenvalue weighted by Gasteiger charge is 2.32. The summed E-state index contributed by atoms with van der Waals surface area (Å²) >= 11 is 0. The minimum atomic E-state index is -4.34. The van der Waals surface area contributed by atoms with E-state index >= 15 is 0 Å². The molecule has 5 rings (SSSR count). The highest BCUT2D eigenvalue weighted by molar-refractivity contribution is 7.85. The van der Waals surface area contributed by atoms with Gasteiger partial charge in [0.15, 0.2) is 0 Å². The van der Waals surface area contributed by atoms with Gasteiger partial charge in [0.25, 0.3) is 16.0 Å². The Morgan fingerprint density at radius 2 is 1.59 bits per heavy atom. The first kappa shape index (κ1) is 20.5. The van der Waals surface area contributed by atoms with Crippen molar-refractivity contribution in [3.05, 3.63) is 95.7 Å². The number of hydrogen-bond acceptors (Lipinski definition) is 3. The average Bonchev–Trinajstić information content (AvgIpc) is 3.12. The molecule has 2 heterocycles. The molecular formula is C25H22N2O4S. The Morgan fingerprint density at radius 3 is 2.28 bits per heavy atom. The smallest absolute Gasteiger partial charge is 0.294 e. The van der Waals surface area contributed by atoms with E-state index in [0.29, 0.717) is 30.6 Å². The van der Waals surface area contributed by atoms with Crippen LogP contribution in [-0.4, -0.2) is 30.0 Å². The van der Waals surface area contributed by atoms with E-state index in [9.17, 15) is 17.8 Å². The van der Waals surface area contributed by atoms with E-state index < -0.39 is 10.1 Å². The Balaban J connectivity index is 1.65. The van der Waals surface area contributed by atoms with E-state index in [1.54, 1.807) is 11.0 Å². The van der Waals surface area contributed by atoms with Crippen molar-refractivity contribution in [1.29, 1.82) is 0 Å². The van der Waals surface area contributed by atoms with E-state index in [0.717, 1.165) is 28.8 Å². The van der Waals surface area contributed by atoms with Gasteiger partial charge in [-0.3, -0.25) is 9.35 Å². The van der Waals surface area contributed by atoms with E-state index in [4.69, 9.17) is 0 Å². The molecule has 1 amide bonds. The third-order valence-corrected chi connectivity index (χ3v) is 6.86. The summed E-state index contributed by atoms with van der Waals surface area (Å²) in [5.74, 6) is -0.102. The van der Waals surface area contributed by atoms with E-state index in [1.807, 2.05) is 65.2 Å². The fourth-order valence-corrected chi connectivity index (χ4v) is 4.99. The van der Waals surface area contributed by atoms with E-state index in [1.165, 1.54) is 12.1 Å². The molecule has 6 nitrogen and oxygen atoms in total. The topological polar surface area (TPSA) is 79.6 Å². The molecule has 0 saturated carbocycles.